The molecular formula is C30H36F3NO2. The Balaban J connectivity index is 1.60. The van der Waals surface area contributed by atoms with Crippen LogP contribution in [0.2, 0.25) is 0 Å². The van der Waals surface area contributed by atoms with Crippen LogP contribution in [0.4, 0.5) is 13.2 Å². The summed E-state index contributed by atoms with van der Waals surface area (Å²) < 4.78 is 47.0. The molecule has 3 aliphatic carbocycles. The molecule has 0 amide bonds. The van der Waals surface area contributed by atoms with Crippen LogP contribution in [0, 0.1) is 11.3 Å². The summed E-state index contributed by atoms with van der Waals surface area (Å²) in [5.41, 5.74) is 4.75. The van der Waals surface area contributed by atoms with Gasteiger partial charge in [0, 0.05) is 22.7 Å². The summed E-state index contributed by atoms with van der Waals surface area (Å²) in [5.74, 6) is 0.597. The van der Waals surface area contributed by atoms with E-state index in [0.29, 0.717) is 12.3 Å². The summed E-state index contributed by atoms with van der Waals surface area (Å²) in [6.07, 6.45) is 3.48. The van der Waals surface area contributed by atoms with Gasteiger partial charge in [-0.25, -0.2) is 0 Å². The van der Waals surface area contributed by atoms with Gasteiger partial charge in [0.2, 0.25) is 0 Å². The van der Waals surface area contributed by atoms with Gasteiger partial charge in [-0.3, -0.25) is 4.98 Å². The molecule has 1 aromatic heterocycles. The standard InChI is InChI=1S/C30H36F3NO2/c1-17-7-6-14-29(17)25-23-21(15-28(2,3)16-22(23)35)34-26(18-8-4-5-9-18)24(25)27(36-29)19-10-12-20(13-11-19)30(31,32)33/h10-13,17-18,22,27,35H,4-9,14-16H2,1-3H3. The van der Waals surface area contributed by atoms with Crippen molar-refractivity contribution in [2.45, 2.75) is 108 Å². The van der Waals surface area contributed by atoms with Gasteiger partial charge in [-0.2, -0.15) is 13.2 Å². The fourth-order valence-electron chi connectivity index (χ4n) is 7.67. The number of alkyl halides is 3. The molecule has 3 nitrogen and oxygen atoms in total. The van der Waals surface area contributed by atoms with Crippen LogP contribution in [0.15, 0.2) is 24.3 Å². The Morgan fingerprint density at radius 3 is 2.31 bits per heavy atom. The van der Waals surface area contributed by atoms with Crippen molar-refractivity contribution < 1.29 is 23.0 Å². The largest absolute Gasteiger partial charge is 0.416 e. The van der Waals surface area contributed by atoms with Gasteiger partial charge in [0.1, 0.15) is 6.10 Å². The number of benzene rings is 1. The van der Waals surface area contributed by atoms with Crippen LogP contribution < -0.4 is 0 Å². The molecule has 6 heteroatoms. The van der Waals surface area contributed by atoms with E-state index in [-0.39, 0.29) is 11.3 Å². The van der Waals surface area contributed by atoms with Crippen molar-refractivity contribution in [3.05, 3.63) is 63.5 Å². The van der Waals surface area contributed by atoms with E-state index in [9.17, 15) is 18.3 Å². The van der Waals surface area contributed by atoms with E-state index in [1.165, 1.54) is 25.0 Å². The highest BCUT2D eigenvalue weighted by Crippen LogP contribution is 2.62. The molecular weight excluding hydrogens is 463 g/mol. The summed E-state index contributed by atoms with van der Waals surface area (Å²) in [6, 6.07) is 5.49. The Morgan fingerprint density at radius 2 is 1.69 bits per heavy atom. The van der Waals surface area contributed by atoms with Crippen LogP contribution >= 0.6 is 0 Å². The number of fused-ring (bicyclic) bond motifs is 4. The van der Waals surface area contributed by atoms with Gasteiger partial charge in [0.25, 0.3) is 0 Å². The minimum absolute atomic E-state index is 0.0403. The average molecular weight is 500 g/mol. The molecule has 36 heavy (non-hydrogen) atoms. The number of nitrogens with zero attached hydrogens (tertiary/aromatic N) is 1. The van der Waals surface area contributed by atoms with Gasteiger partial charge in [-0.15, -0.1) is 0 Å². The van der Waals surface area contributed by atoms with Crippen LogP contribution in [0.5, 0.6) is 0 Å². The zero-order chi connectivity index (χ0) is 25.5. The molecule has 6 rings (SSSR count). The lowest BCUT2D eigenvalue weighted by atomic mass is 9.69. The van der Waals surface area contributed by atoms with Crippen molar-refractivity contribution >= 4 is 0 Å². The first-order chi connectivity index (χ1) is 17.0. The predicted octanol–water partition coefficient (Wildman–Crippen LogP) is 7.90. The molecule has 2 saturated carbocycles. The number of halogens is 3. The average Bonchev–Trinajstić information content (AvgIpc) is 3.53. The first-order valence-corrected chi connectivity index (χ1v) is 13.6. The summed E-state index contributed by atoms with van der Waals surface area (Å²) in [7, 11) is 0. The molecule has 1 N–H and O–H groups in total. The monoisotopic (exact) mass is 499 g/mol. The van der Waals surface area contributed by atoms with E-state index >= 15 is 0 Å². The Kier molecular flexibility index (Phi) is 5.62. The quantitative estimate of drug-likeness (QED) is 0.457. The molecule has 0 bridgehead atoms. The molecule has 1 spiro atoms. The second kappa shape index (κ2) is 8.29. The number of hydrogen-bond donors (Lipinski definition) is 1. The lowest BCUT2D eigenvalue weighted by Gasteiger charge is -2.39. The van der Waals surface area contributed by atoms with E-state index in [2.05, 4.69) is 20.8 Å². The maximum Gasteiger partial charge on any atom is 0.416 e. The first kappa shape index (κ1) is 24.4. The van der Waals surface area contributed by atoms with Crippen molar-refractivity contribution in [3.8, 4) is 0 Å². The van der Waals surface area contributed by atoms with Crippen molar-refractivity contribution in [1.29, 1.82) is 0 Å². The molecule has 0 saturated heterocycles. The number of rotatable bonds is 2. The van der Waals surface area contributed by atoms with Gasteiger partial charge >= 0.3 is 6.18 Å². The van der Waals surface area contributed by atoms with Crippen molar-refractivity contribution in [1.82, 2.24) is 4.98 Å². The van der Waals surface area contributed by atoms with Crippen LogP contribution in [0.3, 0.4) is 0 Å². The van der Waals surface area contributed by atoms with E-state index < -0.39 is 29.5 Å². The summed E-state index contributed by atoms with van der Waals surface area (Å²) in [6.45, 7) is 6.62. The molecule has 194 valence electrons. The summed E-state index contributed by atoms with van der Waals surface area (Å²) in [4.78, 5) is 5.31. The second-order valence-electron chi connectivity index (χ2n) is 12.5. The summed E-state index contributed by atoms with van der Waals surface area (Å²) >= 11 is 0. The highest BCUT2D eigenvalue weighted by Gasteiger charge is 2.56. The predicted molar refractivity (Wildman–Crippen MR) is 132 cm³/mol. The number of aromatic nitrogens is 1. The third-order valence-electron chi connectivity index (χ3n) is 9.38. The fraction of sp³-hybridized carbons (Fsp3) is 0.633. The number of pyridine rings is 1. The molecule has 2 heterocycles. The van der Waals surface area contributed by atoms with Crippen LogP contribution in [0.1, 0.15) is 129 Å². The van der Waals surface area contributed by atoms with Gasteiger partial charge in [0.05, 0.1) is 23.0 Å². The van der Waals surface area contributed by atoms with Gasteiger partial charge < -0.3 is 9.84 Å². The van der Waals surface area contributed by atoms with Crippen LogP contribution in [-0.2, 0) is 22.9 Å². The van der Waals surface area contributed by atoms with Crippen molar-refractivity contribution in [2.24, 2.45) is 11.3 Å². The molecule has 4 unspecified atom stereocenters. The van der Waals surface area contributed by atoms with E-state index in [1.54, 1.807) is 12.1 Å². The zero-order valence-corrected chi connectivity index (χ0v) is 21.4. The maximum absolute atomic E-state index is 13.3. The molecule has 4 atom stereocenters. The lowest BCUT2D eigenvalue weighted by Crippen LogP contribution is -2.34. The Bertz CT molecular complexity index is 1170. The lowest BCUT2D eigenvalue weighted by molar-refractivity contribution is -0.137. The molecule has 2 aromatic rings. The molecule has 1 aliphatic heterocycles. The van der Waals surface area contributed by atoms with Gasteiger partial charge in [-0.05, 0) is 79.5 Å². The second-order valence-corrected chi connectivity index (χ2v) is 12.5. The highest BCUT2D eigenvalue weighted by molar-refractivity contribution is 5.55. The Morgan fingerprint density at radius 1 is 1.00 bits per heavy atom. The zero-order valence-electron chi connectivity index (χ0n) is 21.4. The van der Waals surface area contributed by atoms with E-state index in [1.807, 2.05) is 0 Å². The Labute approximate surface area is 211 Å². The smallest absolute Gasteiger partial charge is 0.388 e. The SMILES string of the molecule is CC1CCCC12OC(c1ccc(C(F)(F)F)cc1)c1c(C3CCCC3)nc3c(c12)C(O)CC(C)(C)C3. The minimum Gasteiger partial charge on any atom is -0.388 e. The molecule has 2 fully saturated rings. The normalized spacial score (nSPS) is 31.7. The first-order valence-electron chi connectivity index (χ1n) is 13.6. The molecule has 4 aliphatic rings. The van der Waals surface area contributed by atoms with Gasteiger partial charge in [-0.1, -0.05) is 45.7 Å². The topological polar surface area (TPSA) is 42.4 Å². The minimum atomic E-state index is -4.37. The third-order valence-corrected chi connectivity index (χ3v) is 9.38. The highest BCUT2D eigenvalue weighted by atomic mass is 19.4. The summed E-state index contributed by atoms with van der Waals surface area (Å²) in [5, 5.41) is 11.5. The Hall–Kier alpha value is -1.92. The van der Waals surface area contributed by atoms with Crippen LogP contribution in [0.25, 0.3) is 0 Å². The third kappa shape index (κ3) is 3.74. The van der Waals surface area contributed by atoms with Gasteiger partial charge in [0.15, 0.2) is 0 Å². The van der Waals surface area contributed by atoms with E-state index in [0.717, 1.165) is 72.2 Å². The molecule has 1 aromatic carbocycles. The number of ether oxygens (including phenoxy) is 1. The number of hydrogen-bond acceptors (Lipinski definition) is 3. The van der Waals surface area contributed by atoms with Crippen molar-refractivity contribution in [3.63, 3.8) is 0 Å². The fourth-order valence-corrected chi connectivity index (χ4v) is 7.67. The van der Waals surface area contributed by atoms with Crippen molar-refractivity contribution in [2.75, 3.05) is 0 Å². The molecule has 0 radical (unpaired) electrons. The maximum atomic E-state index is 13.3. The van der Waals surface area contributed by atoms with E-state index in [4.69, 9.17) is 9.72 Å². The number of aliphatic hydroxyl groups is 1. The number of aliphatic hydroxyl groups excluding tert-OH is 1. The van der Waals surface area contributed by atoms with Crippen LogP contribution in [-0.4, -0.2) is 10.1 Å².